The summed E-state index contributed by atoms with van der Waals surface area (Å²) in [5, 5.41) is 3.03. The van der Waals surface area contributed by atoms with Gasteiger partial charge in [0.1, 0.15) is 17.8 Å². The maximum Gasteiger partial charge on any atom is 0.273 e. The molecule has 1 heterocycles. The number of carbonyl (C=O) groups excluding carboxylic acids is 1. The number of amides is 1. The van der Waals surface area contributed by atoms with Crippen molar-refractivity contribution in [2.45, 2.75) is 31.9 Å². The summed E-state index contributed by atoms with van der Waals surface area (Å²) in [6.07, 6.45) is 4.44. The number of carbonyl (C=O) groups is 1. The molecule has 22 heavy (non-hydrogen) atoms. The quantitative estimate of drug-likeness (QED) is 0.916. The number of hydrogen-bond donors (Lipinski definition) is 1. The van der Waals surface area contributed by atoms with E-state index in [4.69, 9.17) is 20.8 Å². The summed E-state index contributed by atoms with van der Waals surface area (Å²) in [5.74, 6) is -0.121. The lowest BCUT2D eigenvalue weighted by Crippen LogP contribution is -2.39. The zero-order chi connectivity index (χ0) is 15.5. The van der Waals surface area contributed by atoms with Crippen LogP contribution >= 0.6 is 11.6 Å². The molecule has 0 saturated heterocycles. The minimum absolute atomic E-state index is 0.00204. The summed E-state index contributed by atoms with van der Waals surface area (Å²) >= 11 is 5.85. The number of benzene rings is 1. The number of rotatable bonds is 5. The Hall–Kier alpha value is -2.08. The standard InChI is InChI=1S/C15H14ClFN2O3/c16-11-6-9(17)4-5-13(11)21-8-14-19-12(7-22-14)15(20)18-10-2-1-3-10/h4-7,10H,1-3,8H2,(H,18,20). The van der Waals surface area contributed by atoms with Gasteiger partial charge >= 0.3 is 0 Å². The molecule has 1 N–H and O–H groups in total. The van der Waals surface area contributed by atoms with Crippen LogP contribution in [0.1, 0.15) is 35.6 Å². The van der Waals surface area contributed by atoms with Crippen LogP contribution in [0.2, 0.25) is 5.02 Å². The van der Waals surface area contributed by atoms with Crippen LogP contribution in [0.15, 0.2) is 28.9 Å². The van der Waals surface area contributed by atoms with Crippen LogP contribution in [0.3, 0.4) is 0 Å². The van der Waals surface area contributed by atoms with Crippen LogP contribution in [0.4, 0.5) is 4.39 Å². The van der Waals surface area contributed by atoms with E-state index in [1.165, 1.54) is 18.4 Å². The van der Waals surface area contributed by atoms with Crippen molar-refractivity contribution >= 4 is 17.5 Å². The predicted octanol–water partition coefficient (Wildman–Crippen LogP) is 3.33. The Morgan fingerprint density at radius 3 is 3.00 bits per heavy atom. The van der Waals surface area contributed by atoms with Gasteiger partial charge in [-0.05, 0) is 37.5 Å². The molecule has 1 aromatic heterocycles. The fourth-order valence-corrected chi connectivity index (χ4v) is 2.25. The number of aromatic nitrogens is 1. The molecule has 1 fully saturated rings. The second-order valence-electron chi connectivity index (χ2n) is 5.09. The third kappa shape index (κ3) is 3.39. The van der Waals surface area contributed by atoms with Gasteiger partial charge in [-0.15, -0.1) is 0 Å². The first-order valence-electron chi connectivity index (χ1n) is 6.95. The average Bonchev–Trinajstić information content (AvgIpc) is 2.91. The van der Waals surface area contributed by atoms with Gasteiger partial charge in [0, 0.05) is 6.04 Å². The van der Waals surface area contributed by atoms with E-state index in [-0.39, 0.29) is 35.2 Å². The zero-order valence-corrected chi connectivity index (χ0v) is 12.4. The first kappa shape index (κ1) is 14.8. The van der Waals surface area contributed by atoms with Crippen LogP contribution in [-0.2, 0) is 6.61 Å². The normalized spacial score (nSPS) is 14.5. The first-order chi connectivity index (χ1) is 10.6. The summed E-state index contributed by atoms with van der Waals surface area (Å²) in [6, 6.07) is 4.06. The van der Waals surface area contributed by atoms with E-state index in [1.807, 2.05) is 0 Å². The van der Waals surface area contributed by atoms with E-state index >= 15 is 0 Å². The topological polar surface area (TPSA) is 64.4 Å². The highest BCUT2D eigenvalue weighted by Gasteiger charge is 2.22. The highest BCUT2D eigenvalue weighted by molar-refractivity contribution is 6.32. The van der Waals surface area contributed by atoms with Crippen LogP contribution in [0, 0.1) is 5.82 Å². The second kappa shape index (κ2) is 6.36. The molecule has 1 aliphatic carbocycles. The largest absolute Gasteiger partial charge is 0.482 e. The average molecular weight is 325 g/mol. The lowest BCUT2D eigenvalue weighted by atomic mass is 9.93. The number of hydrogen-bond acceptors (Lipinski definition) is 4. The molecule has 1 aliphatic rings. The number of ether oxygens (including phenoxy) is 1. The van der Waals surface area contributed by atoms with Crippen LogP contribution in [-0.4, -0.2) is 16.9 Å². The molecule has 1 saturated carbocycles. The zero-order valence-electron chi connectivity index (χ0n) is 11.6. The summed E-state index contributed by atoms with van der Waals surface area (Å²) in [4.78, 5) is 16.0. The molecule has 1 amide bonds. The molecule has 1 aromatic carbocycles. The van der Waals surface area contributed by atoms with Crippen LogP contribution in [0.25, 0.3) is 0 Å². The van der Waals surface area contributed by atoms with Gasteiger partial charge in [0.2, 0.25) is 5.89 Å². The highest BCUT2D eigenvalue weighted by atomic mass is 35.5. The van der Waals surface area contributed by atoms with Crippen LogP contribution < -0.4 is 10.1 Å². The Balaban J connectivity index is 1.58. The molecule has 3 rings (SSSR count). The van der Waals surface area contributed by atoms with Gasteiger partial charge in [0.05, 0.1) is 5.02 Å². The summed E-state index contributed by atoms with van der Waals surface area (Å²) in [5.41, 5.74) is 0.218. The fourth-order valence-electron chi connectivity index (χ4n) is 2.03. The number of halogens is 2. The van der Waals surface area contributed by atoms with E-state index in [0.717, 1.165) is 25.3 Å². The second-order valence-corrected chi connectivity index (χ2v) is 5.50. The summed E-state index contributed by atoms with van der Waals surface area (Å²) in [7, 11) is 0. The molecule has 0 atom stereocenters. The van der Waals surface area contributed by atoms with Crippen molar-refractivity contribution in [3.8, 4) is 5.75 Å². The Labute approximate surface area is 131 Å². The van der Waals surface area contributed by atoms with Crippen molar-refractivity contribution in [3.63, 3.8) is 0 Å². The van der Waals surface area contributed by atoms with Gasteiger partial charge in [0.15, 0.2) is 12.3 Å². The molecule has 0 radical (unpaired) electrons. The Bertz CT molecular complexity index is 685. The third-order valence-corrected chi connectivity index (χ3v) is 3.77. The van der Waals surface area contributed by atoms with Gasteiger partial charge in [-0.3, -0.25) is 4.79 Å². The van der Waals surface area contributed by atoms with Crippen molar-refractivity contribution in [2.24, 2.45) is 0 Å². The monoisotopic (exact) mass is 324 g/mol. The van der Waals surface area contributed by atoms with Gasteiger partial charge in [0.25, 0.3) is 5.91 Å². The maximum atomic E-state index is 12.9. The molecular weight excluding hydrogens is 311 g/mol. The van der Waals surface area contributed by atoms with Crippen molar-refractivity contribution in [1.82, 2.24) is 10.3 Å². The van der Waals surface area contributed by atoms with Gasteiger partial charge in [-0.2, -0.15) is 0 Å². The molecule has 116 valence electrons. The Kier molecular flexibility index (Phi) is 4.29. The lowest BCUT2D eigenvalue weighted by Gasteiger charge is -2.25. The summed E-state index contributed by atoms with van der Waals surface area (Å²) in [6.45, 7) is 0.00204. The van der Waals surface area contributed by atoms with Crippen molar-refractivity contribution in [1.29, 1.82) is 0 Å². The molecule has 2 aromatic rings. The third-order valence-electron chi connectivity index (χ3n) is 3.47. The minimum atomic E-state index is -0.441. The van der Waals surface area contributed by atoms with E-state index in [0.29, 0.717) is 5.75 Å². The highest BCUT2D eigenvalue weighted by Crippen LogP contribution is 2.25. The molecule has 0 unspecified atom stereocenters. The molecule has 7 heteroatoms. The molecule has 5 nitrogen and oxygen atoms in total. The molecule has 0 aliphatic heterocycles. The van der Waals surface area contributed by atoms with Crippen molar-refractivity contribution in [3.05, 3.63) is 46.9 Å². The number of oxazole rings is 1. The van der Waals surface area contributed by atoms with Crippen LogP contribution in [0.5, 0.6) is 5.75 Å². The molecule has 0 spiro atoms. The first-order valence-corrected chi connectivity index (χ1v) is 7.33. The minimum Gasteiger partial charge on any atom is -0.482 e. The molecule has 0 bridgehead atoms. The van der Waals surface area contributed by atoms with Crippen molar-refractivity contribution < 1.29 is 18.3 Å². The van der Waals surface area contributed by atoms with E-state index in [1.54, 1.807) is 0 Å². The maximum absolute atomic E-state index is 12.9. The number of nitrogens with one attached hydrogen (secondary N) is 1. The van der Waals surface area contributed by atoms with Gasteiger partial charge in [-0.1, -0.05) is 11.6 Å². The Morgan fingerprint density at radius 1 is 1.50 bits per heavy atom. The SMILES string of the molecule is O=C(NC1CCC1)c1coc(COc2ccc(F)cc2Cl)n1. The number of nitrogens with zero attached hydrogens (tertiary/aromatic N) is 1. The van der Waals surface area contributed by atoms with E-state index in [2.05, 4.69) is 10.3 Å². The van der Waals surface area contributed by atoms with Gasteiger partial charge < -0.3 is 14.5 Å². The van der Waals surface area contributed by atoms with E-state index < -0.39 is 5.82 Å². The smallest absolute Gasteiger partial charge is 0.273 e. The molecular formula is C15H14ClFN2O3. The Morgan fingerprint density at radius 2 is 2.32 bits per heavy atom. The van der Waals surface area contributed by atoms with E-state index in [9.17, 15) is 9.18 Å². The predicted molar refractivity (Wildman–Crippen MR) is 77.4 cm³/mol. The van der Waals surface area contributed by atoms with Gasteiger partial charge in [-0.25, -0.2) is 9.37 Å². The van der Waals surface area contributed by atoms with Crippen molar-refractivity contribution in [2.75, 3.05) is 0 Å². The summed E-state index contributed by atoms with van der Waals surface area (Å²) < 4.78 is 23.5. The lowest BCUT2D eigenvalue weighted by molar-refractivity contribution is 0.0911. The fraction of sp³-hybridized carbons (Fsp3) is 0.333.